The van der Waals surface area contributed by atoms with E-state index >= 15 is 0 Å². The van der Waals surface area contributed by atoms with Crippen molar-refractivity contribution in [3.63, 3.8) is 0 Å². The van der Waals surface area contributed by atoms with Gasteiger partial charge >= 0.3 is 0 Å². The van der Waals surface area contributed by atoms with Gasteiger partial charge in [0, 0.05) is 19.2 Å². The fraction of sp³-hybridized carbons (Fsp3) is 0.583. The Hall–Kier alpha value is -2.34. The van der Waals surface area contributed by atoms with Crippen molar-refractivity contribution in [1.29, 1.82) is 0 Å². The Morgan fingerprint density at radius 3 is 2.60 bits per heavy atom. The van der Waals surface area contributed by atoms with E-state index in [0.29, 0.717) is 19.0 Å². The van der Waals surface area contributed by atoms with Crippen molar-refractivity contribution in [2.75, 3.05) is 19.6 Å². The largest absolute Gasteiger partial charge is 0.359 e. The maximum Gasteiger partial charge on any atom is 0.191 e. The van der Waals surface area contributed by atoms with Crippen LogP contribution in [0.1, 0.15) is 69.0 Å². The molecule has 1 aliphatic heterocycles. The number of nitrogens with zero attached hydrogens (tertiary/aromatic N) is 3. The molecule has 0 amide bonds. The fourth-order valence-electron chi connectivity index (χ4n) is 3.69. The lowest BCUT2D eigenvalue weighted by atomic mass is 9.98. The predicted molar refractivity (Wildman–Crippen MR) is 122 cm³/mol. The van der Waals surface area contributed by atoms with Crippen molar-refractivity contribution in [1.82, 2.24) is 20.7 Å². The zero-order chi connectivity index (χ0) is 21.3. The first-order valence-corrected chi connectivity index (χ1v) is 11.3. The molecule has 0 bridgehead atoms. The number of nitrogens with one attached hydrogen (secondary N) is 2. The van der Waals surface area contributed by atoms with Crippen molar-refractivity contribution in [3.05, 3.63) is 52.9 Å². The molecule has 30 heavy (non-hydrogen) atoms. The van der Waals surface area contributed by atoms with Gasteiger partial charge in [0.05, 0.1) is 18.8 Å². The molecule has 6 heteroatoms. The van der Waals surface area contributed by atoms with Crippen LogP contribution in [0.25, 0.3) is 0 Å². The molecule has 1 aromatic carbocycles. The maximum absolute atomic E-state index is 5.43. The van der Waals surface area contributed by atoms with Crippen LogP contribution >= 0.6 is 0 Å². The second-order valence-electron chi connectivity index (χ2n) is 8.65. The van der Waals surface area contributed by atoms with Gasteiger partial charge < -0.3 is 15.2 Å². The standard InChI is InChI=1S/C24H37N5O/c1-5-25-24(27-16-22-14-23(18(2)3)28-30-22)26-15-20-8-6-7-9-21(20)17-29-12-10-19(4)11-13-29/h6-9,14,18-19H,5,10-13,15-17H2,1-4H3,(H2,25,26,27). The van der Waals surface area contributed by atoms with Crippen molar-refractivity contribution in [2.45, 2.75) is 66.1 Å². The summed E-state index contributed by atoms with van der Waals surface area (Å²) < 4.78 is 5.43. The summed E-state index contributed by atoms with van der Waals surface area (Å²) in [7, 11) is 0. The van der Waals surface area contributed by atoms with Gasteiger partial charge in [-0.25, -0.2) is 4.99 Å². The zero-order valence-corrected chi connectivity index (χ0v) is 18.9. The highest BCUT2D eigenvalue weighted by atomic mass is 16.5. The molecule has 0 atom stereocenters. The van der Waals surface area contributed by atoms with Crippen LogP contribution in [0.3, 0.4) is 0 Å². The topological polar surface area (TPSA) is 65.7 Å². The van der Waals surface area contributed by atoms with Gasteiger partial charge in [0.2, 0.25) is 0 Å². The van der Waals surface area contributed by atoms with Crippen LogP contribution in [-0.4, -0.2) is 35.7 Å². The number of aliphatic imine (C=N–C) groups is 1. The van der Waals surface area contributed by atoms with Crippen LogP contribution in [0.2, 0.25) is 0 Å². The molecule has 2 heterocycles. The van der Waals surface area contributed by atoms with Gasteiger partial charge in [-0.1, -0.05) is 50.2 Å². The minimum atomic E-state index is 0.365. The SMILES string of the molecule is CCNC(=NCc1ccccc1CN1CCC(C)CC1)NCc1cc(C(C)C)no1. The summed E-state index contributed by atoms with van der Waals surface area (Å²) in [4.78, 5) is 7.39. The summed E-state index contributed by atoms with van der Waals surface area (Å²) in [5, 5.41) is 10.8. The molecular weight excluding hydrogens is 374 g/mol. The lowest BCUT2D eigenvalue weighted by Gasteiger charge is -2.30. The summed E-state index contributed by atoms with van der Waals surface area (Å²) in [6.07, 6.45) is 2.60. The Morgan fingerprint density at radius 2 is 1.93 bits per heavy atom. The summed E-state index contributed by atoms with van der Waals surface area (Å²) in [6.45, 7) is 14.1. The number of guanidine groups is 1. The fourth-order valence-corrected chi connectivity index (χ4v) is 3.69. The van der Waals surface area contributed by atoms with Gasteiger partial charge in [-0.2, -0.15) is 0 Å². The first-order valence-electron chi connectivity index (χ1n) is 11.3. The van der Waals surface area contributed by atoms with Crippen LogP contribution in [0.4, 0.5) is 0 Å². The molecule has 1 aliphatic rings. The number of likely N-dealkylation sites (tertiary alicyclic amines) is 1. The molecule has 0 saturated carbocycles. The molecule has 1 aromatic heterocycles. The monoisotopic (exact) mass is 411 g/mol. The number of aromatic nitrogens is 1. The average molecular weight is 412 g/mol. The molecule has 0 unspecified atom stereocenters. The smallest absolute Gasteiger partial charge is 0.191 e. The van der Waals surface area contributed by atoms with Crippen molar-refractivity contribution < 1.29 is 4.52 Å². The second kappa shape index (κ2) is 11.2. The van der Waals surface area contributed by atoms with E-state index in [1.165, 1.54) is 37.1 Å². The number of benzene rings is 1. The van der Waals surface area contributed by atoms with E-state index in [1.54, 1.807) is 0 Å². The van der Waals surface area contributed by atoms with E-state index in [2.05, 4.69) is 72.7 Å². The van der Waals surface area contributed by atoms with Gasteiger partial charge in [0.15, 0.2) is 11.7 Å². The van der Waals surface area contributed by atoms with Crippen molar-refractivity contribution >= 4 is 5.96 Å². The van der Waals surface area contributed by atoms with E-state index in [-0.39, 0.29) is 0 Å². The molecule has 164 valence electrons. The number of hydrogen-bond donors (Lipinski definition) is 2. The predicted octanol–water partition coefficient (Wildman–Crippen LogP) is 4.29. The highest BCUT2D eigenvalue weighted by Gasteiger charge is 2.16. The average Bonchev–Trinajstić information content (AvgIpc) is 3.22. The van der Waals surface area contributed by atoms with Gasteiger partial charge in [-0.3, -0.25) is 4.90 Å². The zero-order valence-electron chi connectivity index (χ0n) is 18.9. The lowest BCUT2D eigenvalue weighted by molar-refractivity contribution is 0.185. The molecule has 3 rings (SSSR count). The summed E-state index contributed by atoms with van der Waals surface area (Å²) >= 11 is 0. The van der Waals surface area contributed by atoms with E-state index in [1.807, 2.05) is 6.07 Å². The Morgan fingerprint density at radius 1 is 1.20 bits per heavy atom. The van der Waals surface area contributed by atoms with Gasteiger partial charge in [0.1, 0.15) is 0 Å². The molecular formula is C24H37N5O. The van der Waals surface area contributed by atoms with Gasteiger partial charge in [-0.05, 0) is 55.8 Å². The summed E-state index contributed by atoms with van der Waals surface area (Å²) in [5.74, 6) is 2.84. The van der Waals surface area contributed by atoms with Crippen molar-refractivity contribution in [2.24, 2.45) is 10.9 Å². The Balaban J connectivity index is 1.61. The van der Waals surface area contributed by atoms with Crippen molar-refractivity contribution in [3.8, 4) is 0 Å². The number of hydrogen-bond acceptors (Lipinski definition) is 4. The third-order valence-electron chi connectivity index (χ3n) is 5.74. The third-order valence-corrected chi connectivity index (χ3v) is 5.74. The lowest BCUT2D eigenvalue weighted by Crippen LogP contribution is -2.36. The molecule has 1 saturated heterocycles. The first kappa shape index (κ1) is 22.3. The Bertz CT molecular complexity index is 805. The van der Waals surface area contributed by atoms with Gasteiger partial charge in [-0.15, -0.1) is 0 Å². The molecule has 0 radical (unpaired) electrons. The highest BCUT2D eigenvalue weighted by molar-refractivity contribution is 5.79. The third kappa shape index (κ3) is 6.59. The van der Waals surface area contributed by atoms with E-state index in [9.17, 15) is 0 Å². The Kier molecular flexibility index (Phi) is 8.31. The number of rotatable bonds is 8. The van der Waals surface area contributed by atoms with E-state index < -0.39 is 0 Å². The molecule has 2 N–H and O–H groups in total. The van der Waals surface area contributed by atoms with Crippen LogP contribution in [0, 0.1) is 5.92 Å². The first-order chi connectivity index (χ1) is 14.5. The normalized spacial score (nSPS) is 16.2. The van der Waals surface area contributed by atoms with Crippen LogP contribution in [-0.2, 0) is 19.6 Å². The van der Waals surface area contributed by atoms with Crippen LogP contribution < -0.4 is 10.6 Å². The molecule has 0 aliphatic carbocycles. The minimum absolute atomic E-state index is 0.365. The van der Waals surface area contributed by atoms with Gasteiger partial charge in [0.25, 0.3) is 0 Å². The van der Waals surface area contributed by atoms with Crippen LogP contribution in [0.15, 0.2) is 39.8 Å². The maximum atomic E-state index is 5.43. The highest BCUT2D eigenvalue weighted by Crippen LogP contribution is 2.20. The van der Waals surface area contributed by atoms with E-state index in [0.717, 1.165) is 36.4 Å². The number of piperidine rings is 1. The summed E-state index contributed by atoms with van der Waals surface area (Å²) in [6, 6.07) is 10.7. The Labute approximate surface area is 181 Å². The molecule has 2 aromatic rings. The molecule has 1 fully saturated rings. The summed E-state index contributed by atoms with van der Waals surface area (Å²) in [5.41, 5.74) is 3.65. The molecule has 0 spiro atoms. The molecule has 6 nitrogen and oxygen atoms in total. The van der Waals surface area contributed by atoms with Crippen LogP contribution in [0.5, 0.6) is 0 Å². The van der Waals surface area contributed by atoms with E-state index in [4.69, 9.17) is 9.52 Å². The minimum Gasteiger partial charge on any atom is -0.359 e. The quantitative estimate of drug-likeness (QED) is 0.501. The second-order valence-corrected chi connectivity index (χ2v) is 8.65.